The number of methoxy groups -OCH3 is 1. The molecular formula is C26H29N3O3. The van der Waals surface area contributed by atoms with E-state index in [2.05, 4.69) is 39.0 Å². The van der Waals surface area contributed by atoms with Gasteiger partial charge >= 0.3 is 5.97 Å². The van der Waals surface area contributed by atoms with Crippen molar-refractivity contribution in [2.45, 2.75) is 12.3 Å². The Kier molecular flexibility index (Phi) is 7.23. The highest BCUT2D eigenvalue weighted by molar-refractivity contribution is 5.70. The molecule has 0 saturated carbocycles. The Bertz CT molecular complexity index is 972. The number of rotatable bonds is 8. The van der Waals surface area contributed by atoms with Crippen molar-refractivity contribution in [3.8, 4) is 5.75 Å². The van der Waals surface area contributed by atoms with Crippen molar-refractivity contribution in [3.63, 3.8) is 0 Å². The molecule has 1 aromatic heterocycles. The number of pyridine rings is 1. The number of benzene rings is 2. The molecule has 2 aromatic carbocycles. The number of piperazine rings is 1. The zero-order valence-corrected chi connectivity index (χ0v) is 18.4. The van der Waals surface area contributed by atoms with Crippen LogP contribution in [0.2, 0.25) is 0 Å². The topological polar surface area (TPSA) is 54.9 Å². The average molecular weight is 432 g/mol. The van der Waals surface area contributed by atoms with Crippen LogP contribution in [0.25, 0.3) is 0 Å². The van der Waals surface area contributed by atoms with E-state index >= 15 is 0 Å². The van der Waals surface area contributed by atoms with Gasteiger partial charge in [0.1, 0.15) is 5.75 Å². The van der Waals surface area contributed by atoms with Crippen molar-refractivity contribution in [2.24, 2.45) is 0 Å². The largest absolute Gasteiger partial charge is 0.493 e. The quantitative estimate of drug-likeness (QED) is 0.500. The molecule has 2 heterocycles. The number of nitrogens with zero attached hydrogens (tertiary/aromatic N) is 3. The van der Waals surface area contributed by atoms with Crippen molar-refractivity contribution in [2.75, 3.05) is 49.7 Å². The van der Waals surface area contributed by atoms with Crippen LogP contribution in [0.1, 0.15) is 17.9 Å². The normalized spacial score (nSPS) is 14.7. The predicted octanol–water partition coefficient (Wildman–Crippen LogP) is 4.13. The van der Waals surface area contributed by atoms with E-state index in [0.29, 0.717) is 13.0 Å². The minimum Gasteiger partial charge on any atom is -0.493 e. The first kappa shape index (κ1) is 21.7. The fourth-order valence-electron chi connectivity index (χ4n) is 4.01. The molecule has 3 aromatic rings. The van der Waals surface area contributed by atoms with E-state index in [9.17, 15) is 4.79 Å². The summed E-state index contributed by atoms with van der Waals surface area (Å²) in [5, 5.41) is 0. The van der Waals surface area contributed by atoms with E-state index < -0.39 is 0 Å². The van der Waals surface area contributed by atoms with Crippen LogP contribution in [0.15, 0.2) is 79.1 Å². The number of esters is 1. The second-order valence-electron chi connectivity index (χ2n) is 7.87. The van der Waals surface area contributed by atoms with E-state index in [1.807, 2.05) is 54.9 Å². The van der Waals surface area contributed by atoms with E-state index in [1.165, 1.54) is 18.5 Å². The summed E-state index contributed by atoms with van der Waals surface area (Å²) < 4.78 is 10.9. The molecule has 0 spiro atoms. The van der Waals surface area contributed by atoms with Crippen molar-refractivity contribution in [1.82, 2.24) is 4.98 Å². The van der Waals surface area contributed by atoms with Crippen molar-refractivity contribution in [3.05, 3.63) is 84.7 Å². The fraction of sp³-hybridized carbons (Fsp3) is 0.308. The number of aromatic nitrogens is 1. The Morgan fingerprint density at radius 1 is 0.875 bits per heavy atom. The SMILES string of the molecule is COC(=O)CC(COc1ccc(N2CCN(c3ccncc3)CC2)cc1)c1ccccc1. The molecule has 6 heteroatoms. The first-order chi connectivity index (χ1) is 15.7. The molecular weight excluding hydrogens is 402 g/mol. The van der Waals surface area contributed by atoms with E-state index in [-0.39, 0.29) is 11.9 Å². The highest BCUT2D eigenvalue weighted by Crippen LogP contribution is 2.25. The molecule has 32 heavy (non-hydrogen) atoms. The number of hydrogen-bond donors (Lipinski definition) is 0. The van der Waals surface area contributed by atoms with Gasteiger partial charge in [-0.3, -0.25) is 9.78 Å². The van der Waals surface area contributed by atoms with Gasteiger partial charge < -0.3 is 19.3 Å². The van der Waals surface area contributed by atoms with Gasteiger partial charge in [-0.1, -0.05) is 30.3 Å². The zero-order chi connectivity index (χ0) is 22.2. The summed E-state index contributed by atoms with van der Waals surface area (Å²) in [6, 6.07) is 22.3. The third-order valence-electron chi connectivity index (χ3n) is 5.87. The lowest BCUT2D eigenvalue weighted by Crippen LogP contribution is -2.46. The number of anilines is 2. The lowest BCUT2D eigenvalue weighted by molar-refractivity contribution is -0.141. The van der Waals surface area contributed by atoms with Crippen molar-refractivity contribution < 1.29 is 14.3 Å². The third-order valence-corrected chi connectivity index (χ3v) is 5.87. The van der Waals surface area contributed by atoms with Crippen LogP contribution < -0.4 is 14.5 Å². The molecule has 0 radical (unpaired) electrons. The lowest BCUT2D eigenvalue weighted by Gasteiger charge is -2.37. The van der Waals surface area contributed by atoms with E-state index in [1.54, 1.807) is 0 Å². The van der Waals surface area contributed by atoms with Gasteiger partial charge in [0.15, 0.2) is 0 Å². The standard InChI is InChI=1S/C26H29N3O3/c1-31-26(30)19-22(21-5-3-2-4-6-21)20-32-25-9-7-23(8-10-25)28-15-17-29(18-16-28)24-11-13-27-14-12-24/h2-14,22H,15-20H2,1H3. The second kappa shape index (κ2) is 10.7. The molecule has 0 N–H and O–H groups in total. The molecule has 0 aliphatic carbocycles. The van der Waals surface area contributed by atoms with E-state index in [0.717, 1.165) is 37.5 Å². The summed E-state index contributed by atoms with van der Waals surface area (Å²) in [6.07, 6.45) is 3.97. The number of carbonyl (C=O) groups is 1. The molecule has 1 saturated heterocycles. The Labute approximate surface area is 189 Å². The lowest BCUT2D eigenvalue weighted by atomic mass is 9.97. The molecule has 166 valence electrons. The summed E-state index contributed by atoms with van der Waals surface area (Å²) in [5.41, 5.74) is 3.49. The third kappa shape index (κ3) is 5.58. The average Bonchev–Trinajstić information content (AvgIpc) is 2.88. The monoisotopic (exact) mass is 431 g/mol. The van der Waals surface area contributed by atoms with Crippen LogP contribution in [0.5, 0.6) is 5.75 Å². The summed E-state index contributed by atoms with van der Waals surface area (Å²) >= 11 is 0. The van der Waals surface area contributed by atoms with Gasteiger partial charge in [0, 0.05) is 55.9 Å². The summed E-state index contributed by atoms with van der Waals surface area (Å²) in [4.78, 5) is 20.7. The fourth-order valence-corrected chi connectivity index (χ4v) is 4.01. The van der Waals surface area contributed by atoms with Crippen LogP contribution in [0.4, 0.5) is 11.4 Å². The molecule has 6 nitrogen and oxygen atoms in total. The van der Waals surface area contributed by atoms with Crippen molar-refractivity contribution >= 4 is 17.3 Å². The molecule has 1 aliphatic heterocycles. The maximum atomic E-state index is 11.9. The first-order valence-corrected chi connectivity index (χ1v) is 11.0. The predicted molar refractivity (Wildman–Crippen MR) is 126 cm³/mol. The molecule has 1 unspecified atom stereocenters. The summed E-state index contributed by atoms with van der Waals surface area (Å²) in [7, 11) is 1.42. The van der Waals surface area contributed by atoms with Crippen LogP contribution in [-0.2, 0) is 9.53 Å². The minimum absolute atomic E-state index is 0.0513. The number of ether oxygens (including phenoxy) is 2. The van der Waals surface area contributed by atoms with Gasteiger partial charge in [-0.05, 0) is 42.0 Å². The smallest absolute Gasteiger partial charge is 0.306 e. The van der Waals surface area contributed by atoms with Crippen LogP contribution >= 0.6 is 0 Å². The summed E-state index contributed by atoms with van der Waals surface area (Å²) in [5.74, 6) is 0.517. The van der Waals surface area contributed by atoms with Gasteiger partial charge in [0.05, 0.1) is 20.1 Å². The van der Waals surface area contributed by atoms with Gasteiger partial charge in [-0.15, -0.1) is 0 Å². The Balaban J connectivity index is 1.33. The van der Waals surface area contributed by atoms with Gasteiger partial charge in [0.25, 0.3) is 0 Å². The Morgan fingerprint density at radius 3 is 2.06 bits per heavy atom. The molecule has 0 bridgehead atoms. The highest BCUT2D eigenvalue weighted by Gasteiger charge is 2.19. The maximum Gasteiger partial charge on any atom is 0.306 e. The maximum absolute atomic E-state index is 11.9. The number of carbonyl (C=O) groups excluding carboxylic acids is 1. The molecule has 4 rings (SSSR count). The van der Waals surface area contributed by atoms with Crippen molar-refractivity contribution in [1.29, 1.82) is 0 Å². The van der Waals surface area contributed by atoms with Crippen LogP contribution in [0, 0.1) is 0 Å². The van der Waals surface area contributed by atoms with Crippen LogP contribution in [0.3, 0.4) is 0 Å². The number of hydrogen-bond acceptors (Lipinski definition) is 6. The Hall–Kier alpha value is -3.54. The van der Waals surface area contributed by atoms with Gasteiger partial charge in [0.2, 0.25) is 0 Å². The molecule has 1 fully saturated rings. The second-order valence-corrected chi connectivity index (χ2v) is 7.87. The highest BCUT2D eigenvalue weighted by atomic mass is 16.5. The molecule has 1 aliphatic rings. The Morgan fingerprint density at radius 2 is 1.47 bits per heavy atom. The van der Waals surface area contributed by atoms with E-state index in [4.69, 9.17) is 9.47 Å². The van der Waals surface area contributed by atoms with Gasteiger partial charge in [-0.2, -0.15) is 0 Å². The molecule has 1 atom stereocenters. The minimum atomic E-state index is -0.233. The van der Waals surface area contributed by atoms with Crippen LogP contribution in [-0.4, -0.2) is 50.8 Å². The zero-order valence-electron chi connectivity index (χ0n) is 18.4. The molecule has 0 amide bonds. The summed E-state index contributed by atoms with van der Waals surface area (Å²) in [6.45, 7) is 4.32. The van der Waals surface area contributed by atoms with Gasteiger partial charge in [-0.25, -0.2) is 0 Å². The first-order valence-electron chi connectivity index (χ1n) is 11.0.